The molecule has 1 saturated heterocycles. The molecule has 1 atom stereocenters. The minimum atomic E-state index is -0.503. The summed E-state index contributed by atoms with van der Waals surface area (Å²) in [5, 5.41) is 10.00. The number of nitrogens with zero attached hydrogens (tertiary/aromatic N) is 2. The first kappa shape index (κ1) is 23.2. The second-order valence-corrected chi connectivity index (χ2v) is 9.08. The van der Waals surface area contributed by atoms with E-state index in [1.54, 1.807) is 12.1 Å². The van der Waals surface area contributed by atoms with Gasteiger partial charge in [0.15, 0.2) is 0 Å². The molecular formula is C26H19BrClFN2O2. The molecule has 1 aliphatic heterocycles. The lowest BCUT2D eigenvalue weighted by molar-refractivity contribution is -0.133. The van der Waals surface area contributed by atoms with Gasteiger partial charge in [-0.15, -0.1) is 0 Å². The van der Waals surface area contributed by atoms with Crippen LogP contribution in [0.4, 0.5) is 4.39 Å². The number of hydrogen-bond donors (Lipinski definition) is 0. The van der Waals surface area contributed by atoms with Crippen molar-refractivity contribution < 1.29 is 13.9 Å². The van der Waals surface area contributed by atoms with Crippen LogP contribution >= 0.6 is 27.5 Å². The fraction of sp³-hybridized carbons (Fsp3) is 0.154. The van der Waals surface area contributed by atoms with Crippen LogP contribution in [0.2, 0.25) is 5.02 Å². The van der Waals surface area contributed by atoms with E-state index in [2.05, 4.69) is 26.9 Å². The third-order valence-corrected chi connectivity index (χ3v) is 6.27. The van der Waals surface area contributed by atoms with E-state index in [0.717, 1.165) is 16.7 Å². The molecule has 7 heteroatoms. The summed E-state index contributed by atoms with van der Waals surface area (Å²) in [7, 11) is 1.32. The molecule has 0 saturated carbocycles. The SMILES string of the molecule is COC(=O)C(=C1CN([C@@H](c2ccc(Cl)cc2)c2cccc(C#N)c2)C1)c1cc(F)cc(Br)c1. The van der Waals surface area contributed by atoms with E-state index < -0.39 is 11.8 Å². The Bertz CT molecular complexity index is 1260. The van der Waals surface area contributed by atoms with Gasteiger partial charge in [-0.05, 0) is 64.7 Å². The predicted octanol–water partition coefficient (Wildman–Crippen LogP) is 6.15. The van der Waals surface area contributed by atoms with Gasteiger partial charge in [-0.2, -0.15) is 5.26 Å². The first-order chi connectivity index (χ1) is 15.9. The number of hydrogen-bond acceptors (Lipinski definition) is 4. The Kier molecular flexibility index (Phi) is 6.94. The second-order valence-electron chi connectivity index (χ2n) is 7.72. The van der Waals surface area contributed by atoms with Crippen molar-refractivity contribution in [1.82, 2.24) is 4.90 Å². The van der Waals surface area contributed by atoms with Crippen LogP contribution in [0.1, 0.15) is 28.3 Å². The molecule has 0 N–H and O–H groups in total. The summed E-state index contributed by atoms with van der Waals surface area (Å²) < 4.78 is 19.6. The Hall–Kier alpha value is -2.98. The van der Waals surface area contributed by atoms with Crippen molar-refractivity contribution in [3.05, 3.63) is 110 Å². The average molecular weight is 526 g/mol. The summed E-state index contributed by atoms with van der Waals surface area (Å²) in [5.74, 6) is -0.943. The zero-order valence-electron chi connectivity index (χ0n) is 17.7. The van der Waals surface area contributed by atoms with Crippen LogP contribution in [-0.4, -0.2) is 31.1 Å². The van der Waals surface area contributed by atoms with Gasteiger partial charge >= 0.3 is 5.97 Å². The minimum Gasteiger partial charge on any atom is -0.465 e. The van der Waals surface area contributed by atoms with Crippen molar-refractivity contribution in [1.29, 1.82) is 5.26 Å². The molecule has 1 fully saturated rings. The number of likely N-dealkylation sites (tertiary alicyclic amines) is 1. The predicted molar refractivity (Wildman–Crippen MR) is 129 cm³/mol. The molecule has 0 unspecified atom stereocenters. The van der Waals surface area contributed by atoms with Gasteiger partial charge in [0.2, 0.25) is 0 Å². The Morgan fingerprint density at radius 1 is 1.12 bits per heavy atom. The molecule has 0 bridgehead atoms. The van der Waals surface area contributed by atoms with Gasteiger partial charge in [0.25, 0.3) is 0 Å². The Morgan fingerprint density at radius 2 is 1.85 bits per heavy atom. The zero-order chi connectivity index (χ0) is 23.5. The summed E-state index contributed by atoms with van der Waals surface area (Å²) in [5.41, 5.74) is 4.25. The van der Waals surface area contributed by atoms with E-state index in [0.29, 0.717) is 39.3 Å². The van der Waals surface area contributed by atoms with E-state index in [1.807, 2.05) is 42.5 Å². The van der Waals surface area contributed by atoms with Crippen molar-refractivity contribution in [3.8, 4) is 6.07 Å². The molecule has 1 heterocycles. The molecule has 0 aliphatic carbocycles. The van der Waals surface area contributed by atoms with Gasteiger partial charge in [-0.3, -0.25) is 4.90 Å². The Balaban J connectivity index is 1.73. The highest BCUT2D eigenvalue weighted by molar-refractivity contribution is 9.10. The van der Waals surface area contributed by atoms with E-state index in [1.165, 1.54) is 19.2 Å². The minimum absolute atomic E-state index is 0.141. The van der Waals surface area contributed by atoms with Crippen molar-refractivity contribution in [2.75, 3.05) is 20.2 Å². The van der Waals surface area contributed by atoms with Crippen LogP contribution in [-0.2, 0) is 9.53 Å². The van der Waals surface area contributed by atoms with Crippen LogP contribution in [0.15, 0.2) is 76.8 Å². The number of halogens is 3. The molecule has 4 nitrogen and oxygen atoms in total. The van der Waals surface area contributed by atoms with Gasteiger partial charge < -0.3 is 4.74 Å². The molecule has 3 aromatic rings. The number of ether oxygens (including phenoxy) is 1. The monoisotopic (exact) mass is 524 g/mol. The standard InChI is InChI=1S/C26H19BrClFN2O2/c1-33-26(32)24(19-10-21(27)12-23(29)11-19)20-14-31(15-20)25(17-5-7-22(28)8-6-17)18-4-2-3-16(9-18)13-30/h2-12,25H,14-15H2,1H3/t25-/m0/s1. The third kappa shape index (κ3) is 5.01. The fourth-order valence-corrected chi connectivity index (χ4v) is 4.68. The van der Waals surface area contributed by atoms with Crippen molar-refractivity contribution in [2.45, 2.75) is 6.04 Å². The number of esters is 1. The first-order valence-electron chi connectivity index (χ1n) is 10.2. The molecule has 0 radical (unpaired) electrons. The lowest BCUT2D eigenvalue weighted by Gasteiger charge is -2.42. The van der Waals surface area contributed by atoms with Gasteiger partial charge in [-0.1, -0.05) is 51.8 Å². The Morgan fingerprint density at radius 3 is 2.48 bits per heavy atom. The van der Waals surface area contributed by atoms with Gasteiger partial charge in [0.1, 0.15) is 5.82 Å². The van der Waals surface area contributed by atoms with Crippen LogP contribution in [0.5, 0.6) is 0 Å². The molecule has 166 valence electrons. The summed E-state index contributed by atoms with van der Waals surface area (Å²) in [6, 6.07) is 21.5. The van der Waals surface area contributed by atoms with Crippen LogP contribution in [0.3, 0.4) is 0 Å². The summed E-state index contributed by atoms with van der Waals surface area (Å²) in [6.07, 6.45) is 0. The van der Waals surface area contributed by atoms with Crippen molar-refractivity contribution in [2.24, 2.45) is 0 Å². The highest BCUT2D eigenvalue weighted by Gasteiger charge is 2.34. The lowest BCUT2D eigenvalue weighted by Crippen LogP contribution is -2.44. The molecular weight excluding hydrogens is 507 g/mol. The molecule has 0 aromatic heterocycles. The molecule has 33 heavy (non-hydrogen) atoms. The van der Waals surface area contributed by atoms with Crippen LogP contribution in [0.25, 0.3) is 5.57 Å². The van der Waals surface area contributed by atoms with Crippen molar-refractivity contribution in [3.63, 3.8) is 0 Å². The number of carbonyl (C=O) groups is 1. The van der Waals surface area contributed by atoms with E-state index >= 15 is 0 Å². The number of carbonyl (C=O) groups excluding carboxylic acids is 1. The maximum Gasteiger partial charge on any atom is 0.338 e. The third-order valence-electron chi connectivity index (χ3n) is 5.56. The van der Waals surface area contributed by atoms with Crippen molar-refractivity contribution >= 4 is 39.1 Å². The highest BCUT2D eigenvalue weighted by Crippen LogP contribution is 2.38. The fourth-order valence-electron chi connectivity index (χ4n) is 4.09. The smallest absolute Gasteiger partial charge is 0.338 e. The van der Waals surface area contributed by atoms with Crippen LogP contribution < -0.4 is 0 Å². The number of nitriles is 1. The topological polar surface area (TPSA) is 53.3 Å². The number of benzene rings is 3. The molecule has 0 amide bonds. The highest BCUT2D eigenvalue weighted by atomic mass is 79.9. The first-order valence-corrected chi connectivity index (χ1v) is 11.3. The average Bonchev–Trinajstić information content (AvgIpc) is 2.77. The second kappa shape index (κ2) is 9.88. The number of rotatable bonds is 5. The quantitative estimate of drug-likeness (QED) is 0.296. The molecule has 1 aliphatic rings. The zero-order valence-corrected chi connectivity index (χ0v) is 20.0. The molecule has 4 rings (SSSR count). The normalized spacial score (nSPS) is 14.2. The van der Waals surface area contributed by atoms with E-state index in [-0.39, 0.29) is 6.04 Å². The molecule has 3 aromatic carbocycles. The van der Waals surface area contributed by atoms with Gasteiger partial charge in [0, 0.05) is 22.6 Å². The summed E-state index contributed by atoms with van der Waals surface area (Å²) in [6.45, 7) is 0.977. The van der Waals surface area contributed by atoms with Gasteiger partial charge in [0.05, 0.1) is 30.4 Å². The largest absolute Gasteiger partial charge is 0.465 e. The summed E-state index contributed by atoms with van der Waals surface area (Å²) in [4.78, 5) is 14.8. The van der Waals surface area contributed by atoms with E-state index in [4.69, 9.17) is 16.3 Å². The maximum absolute atomic E-state index is 14.0. The van der Waals surface area contributed by atoms with E-state index in [9.17, 15) is 14.4 Å². The molecule has 0 spiro atoms. The Labute approximate surface area is 205 Å². The summed E-state index contributed by atoms with van der Waals surface area (Å²) >= 11 is 9.39. The lowest BCUT2D eigenvalue weighted by atomic mass is 9.89. The maximum atomic E-state index is 14.0. The van der Waals surface area contributed by atoms with Crippen LogP contribution in [0, 0.1) is 17.1 Å². The van der Waals surface area contributed by atoms with Gasteiger partial charge in [-0.25, -0.2) is 9.18 Å². The number of methoxy groups -OCH3 is 1.